The molecule has 3 heterocycles. The maximum absolute atomic E-state index is 13.2. The van der Waals surface area contributed by atoms with Crippen LogP contribution in [0.15, 0.2) is 69.0 Å². The minimum atomic E-state index is -1.19. The molecule has 0 bridgehead atoms. The summed E-state index contributed by atoms with van der Waals surface area (Å²) in [6, 6.07) is 9.78. The van der Waals surface area contributed by atoms with E-state index in [0.717, 1.165) is 29.2 Å². The van der Waals surface area contributed by atoms with Gasteiger partial charge in [-0.15, -0.1) is 0 Å². The van der Waals surface area contributed by atoms with Crippen LogP contribution in [0.25, 0.3) is 11.0 Å². The summed E-state index contributed by atoms with van der Waals surface area (Å²) in [6.45, 7) is 4.41. The van der Waals surface area contributed by atoms with Crippen molar-refractivity contribution >= 4 is 46.3 Å². The van der Waals surface area contributed by atoms with Gasteiger partial charge in [0.25, 0.3) is 5.69 Å². The molecule has 2 amide bonds. The van der Waals surface area contributed by atoms with Gasteiger partial charge in [0, 0.05) is 46.8 Å². The summed E-state index contributed by atoms with van der Waals surface area (Å²) in [4.78, 5) is 74.5. The summed E-state index contributed by atoms with van der Waals surface area (Å²) in [5.41, 5.74) is 0.165. The van der Waals surface area contributed by atoms with Crippen LogP contribution in [-0.2, 0) is 19.1 Å². The number of fused-ring (bicyclic) bond motifs is 2. The fourth-order valence-electron chi connectivity index (χ4n) is 5.43. The van der Waals surface area contributed by atoms with Gasteiger partial charge in [-0.2, -0.15) is 0 Å². The second-order valence-corrected chi connectivity index (χ2v) is 10.3. The summed E-state index contributed by atoms with van der Waals surface area (Å²) < 4.78 is 15.6. The highest BCUT2D eigenvalue weighted by atomic mass is 16.6. The fourth-order valence-corrected chi connectivity index (χ4v) is 5.43. The molecule has 1 aromatic heterocycles. The summed E-state index contributed by atoms with van der Waals surface area (Å²) in [6.07, 6.45) is -1.95. The second kappa shape index (κ2) is 11.1. The predicted molar refractivity (Wildman–Crippen MR) is 148 cm³/mol. The largest absolute Gasteiger partial charge is 0.445 e. The molecule has 0 saturated carbocycles. The normalized spacial score (nSPS) is 19.9. The molecule has 2 N–H and O–H groups in total. The summed E-state index contributed by atoms with van der Waals surface area (Å²) in [7, 11) is 0. The molecule has 0 aliphatic carbocycles. The molecular formula is C29H25N3O11. The second-order valence-electron chi connectivity index (χ2n) is 10.3. The number of nitro benzene ring substituents is 1. The number of nitro groups is 1. The van der Waals surface area contributed by atoms with Gasteiger partial charge in [0.1, 0.15) is 17.9 Å². The first kappa shape index (κ1) is 29.1. The van der Waals surface area contributed by atoms with Crippen LogP contribution in [-0.4, -0.2) is 57.6 Å². The molecule has 0 spiro atoms. The van der Waals surface area contributed by atoms with Gasteiger partial charge in [0.05, 0.1) is 28.6 Å². The summed E-state index contributed by atoms with van der Waals surface area (Å²) in [5, 5.41) is 24.2. The number of ether oxygens (including phenoxy) is 2. The molecule has 14 heteroatoms. The molecule has 1 fully saturated rings. The third-order valence-corrected chi connectivity index (χ3v) is 7.56. The number of aliphatic hydroxyl groups is 1. The van der Waals surface area contributed by atoms with Gasteiger partial charge in [-0.25, -0.2) is 19.2 Å². The molecule has 5 rings (SSSR count). The van der Waals surface area contributed by atoms with Crippen molar-refractivity contribution in [2.24, 2.45) is 11.8 Å². The molecule has 222 valence electrons. The van der Waals surface area contributed by atoms with Gasteiger partial charge in [0.2, 0.25) is 5.91 Å². The number of nitrogens with one attached hydrogen (secondary N) is 1. The summed E-state index contributed by atoms with van der Waals surface area (Å²) >= 11 is 0. The Morgan fingerprint density at radius 3 is 2.47 bits per heavy atom. The molecule has 2 aliphatic heterocycles. The third kappa shape index (κ3) is 5.35. The Bertz CT molecular complexity index is 1770. The number of aryl methyl sites for hydroxylation is 1. The van der Waals surface area contributed by atoms with Crippen LogP contribution in [0.5, 0.6) is 0 Å². The van der Waals surface area contributed by atoms with E-state index in [9.17, 15) is 39.2 Å². The number of rotatable bonds is 7. The Morgan fingerprint density at radius 1 is 1.12 bits per heavy atom. The number of β-lactam (4-membered cyclic amide) rings is 1. The maximum atomic E-state index is 13.2. The monoisotopic (exact) mass is 591 g/mol. The van der Waals surface area contributed by atoms with E-state index in [2.05, 4.69) is 5.32 Å². The average Bonchev–Trinajstić information content (AvgIpc) is 3.18. The Balaban J connectivity index is 1.35. The van der Waals surface area contributed by atoms with Gasteiger partial charge < -0.3 is 23.9 Å². The molecular weight excluding hydrogens is 566 g/mol. The zero-order valence-corrected chi connectivity index (χ0v) is 23.1. The lowest BCUT2D eigenvalue weighted by Crippen LogP contribution is -2.63. The van der Waals surface area contributed by atoms with E-state index in [0.29, 0.717) is 10.9 Å². The Kier molecular flexibility index (Phi) is 7.54. The van der Waals surface area contributed by atoms with Crippen molar-refractivity contribution in [2.45, 2.75) is 32.9 Å². The number of benzene rings is 2. The number of carbonyl (C=O) groups is 4. The van der Waals surface area contributed by atoms with E-state index >= 15 is 0 Å². The number of aliphatic hydroxyl groups excluding tert-OH is 1. The average molecular weight is 592 g/mol. The lowest BCUT2D eigenvalue weighted by Gasteiger charge is -2.46. The van der Waals surface area contributed by atoms with E-state index in [-0.39, 0.29) is 33.8 Å². The lowest BCUT2D eigenvalue weighted by molar-refractivity contribution is -0.384. The van der Waals surface area contributed by atoms with Crippen LogP contribution in [0.1, 0.15) is 29.8 Å². The molecule has 0 unspecified atom stereocenters. The van der Waals surface area contributed by atoms with Crippen molar-refractivity contribution in [1.29, 1.82) is 0 Å². The van der Waals surface area contributed by atoms with E-state index in [4.69, 9.17) is 13.9 Å². The molecule has 0 radical (unpaired) electrons. The zero-order valence-electron chi connectivity index (χ0n) is 23.1. The lowest BCUT2D eigenvalue weighted by atomic mass is 9.78. The molecule has 14 nitrogen and oxygen atoms in total. The zero-order chi connectivity index (χ0) is 31.2. The number of nitrogens with zero attached hydrogens (tertiary/aromatic N) is 2. The topological polar surface area (TPSA) is 196 Å². The van der Waals surface area contributed by atoms with Gasteiger partial charge in [-0.1, -0.05) is 6.92 Å². The number of hydrogen-bond acceptors (Lipinski definition) is 11. The number of esters is 2. The SMILES string of the molecule is Cc1cc(=O)oc2cc(NC(=O)OCC3=C(C(=O)OC(=O)c4ccc([N+](=O)[O-])cc4)N4C(=O)[C@H]([C@@H](C)O)[C@H]4[C@H]3C)ccc12. The molecule has 2 aliphatic rings. The highest BCUT2D eigenvalue weighted by Gasteiger charge is 2.60. The van der Waals surface area contributed by atoms with Crippen LogP contribution < -0.4 is 10.9 Å². The Labute approximate surface area is 242 Å². The van der Waals surface area contributed by atoms with Gasteiger partial charge in [-0.3, -0.25) is 20.2 Å². The predicted octanol–water partition coefficient (Wildman–Crippen LogP) is 3.05. The van der Waals surface area contributed by atoms with Gasteiger partial charge in [-0.05, 0) is 43.7 Å². The van der Waals surface area contributed by atoms with Crippen molar-refractivity contribution in [2.75, 3.05) is 11.9 Å². The Hall–Kier alpha value is -5.37. The number of amides is 2. The van der Waals surface area contributed by atoms with Crippen molar-refractivity contribution in [1.82, 2.24) is 4.90 Å². The minimum absolute atomic E-state index is 0.141. The summed E-state index contributed by atoms with van der Waals surface area (Å²) in [5.74, 6) is -4.24. The Morgan fingerprint density at radius 2 is 1.81 bits per heavy atom. The fraction of sp³-hybridized carbons (Fsp3) is 0.276. The highest BCUT2D eigenvalue weighted by Crippen LogP contribution is 2.47. The van der Waals surface area contributed by atoms with Gasteiger partial charge in [0.15, 0.2) is 0 Å². The number of carbonyl (C=O) groups excluding carboxylic acids is 4. The van der Waals surface area contributed by atoms with Crippen molar-refractivity contribution in [3.8, 4) is 0 Å². The van der Waals surface area contributed by atoms with Crippen molar-refractivity contribution in [3.05, 3.63) is 91.5 Å². The number of non-ortho nitro benzene ring substituents is 1. The molecule has 43 heavy (non-hydrogen) atoms. The van der Waals surface area contributed by atoms with Crippen molar-refractivity contribution < 1.29 is 43.1 Å². The van der Waals surface area contributed by atoms with Crippen molar-refractivity contribution in [3.63, 3.8) is 0 Å². The van der Waals surface area contributed by atoms with E-state index < -0.39 is 65.1 Å². The smallest absolute Gasteiger partial charge is 0.411 e. The van der Waals surface area contributed by atoms with E-state index in [1.54, 1.807) is 26.0 Å². The first-order chi connectivity index (χ1) is 20.4. The minimum Gasteiger partial charge on any atom is -0.445 e. The molecule has 3 aromatic rings. The first-order valence-electron chi connectivity index (χ1n) is 13.1. The molecule has 1 saturated heterocycles. The standard InChI is InChI=1S/C29H25N3O11/c1-13-10-22(34)42-21-11-17(6-9-19(13)21)30-29(38)41-12-20-14(2)24-23(15(3)33)26(35)31(24)25(20)28(37)43-27(36)16-4-7-18(8-5-16)32(39)40/h4-11,14-15,23-24,33H,12H2,1-3H3,(H,30,38)/t14-,15+,23+,24+/m0/s1. The van der Waals surface area contributed by atoms with Crippen LogP contribution in [0.2, 0.25) is 0 Å². The van der Waals surface area contributed by atoms with Gasteiger partial charge >= 0.3 is 23.7 Å². The van der Waals surface area contributed by atoms with E-state index in [1.807, 2.05) is 0 Å². The number of anilines is 1. The van der Waals surface area contributed by atoms with Crippen LogP contribution in [0, 0.1) is 28.9 Å². The maximum Gasteiger partial charge on any atom is 0.411 e. The first-order valence-corrected chi connectivity index (χ1v) is 13.1. The molecule has 4 atom stereocenters. The molecule has 2 aromatic carbocycles. The van der Waals surface area contributed by atoms with Crippen LogP contribution >= 0.6 is 0 Å². The highest BCUT2D eigenvalue weighted by molar-refractivity contribution is 6.06. The van der Waals surface area contributed by atoms with Crippen LogP contribution in [0.3, 0.4) is 0 Å². The third-order valence-electron chi connectivity index (χ3n) is 7.56. The quantitative estimate of drug-likeness (QED) is 0.102. The van der Waals surface area contributed by atoms with Crippen LogP contribution in [0.4, 0.5) is 16.2 Å². The van der Waals surface area contributed by atoms with E-state index in [1.165, 1.54) is 19.1 Å². The number of hydrogen-bond donors (Lipinski definition) is 2.